The van der Waals surface area contributed by atoms with Crippen molar-refractivity contribution < 1.29 is 14.4 Å². The number of amides is 1. The van der Waals surface area contributed by atoms with Crippen molar-refractivity contribution in [2.45, 2.75) is 52.5 Å². The van der Waals surface area contributed by atoms with Gasteiger partial charge in [-0.1, -0.05) is 5.16 Å². The third-order valence-corrected chi connectivity index (χ3v) is 2.99. The maximum Gasteiger partial charge on any atom is 0.220 e. The first-order chi connectivity index (χ1) is 8.54. The molecule has 0 radical (unpaired) electrons. The molecule has 0 bridgehead atoms. The van der Waals surface area contributed by atoms with Crippen LogP contribution in [0.5, 0.6) is 0 Å². The highest BCUT2D eigenvalue weighted by atomic mass is 16.5. The Labute approximate surface area is 108 Å². The summed E-state index contributed by atoms with van der Waals surface area (Å²) in [6.45, 7) is 5.85. The minimum absolute atomic E-state index is 0.0282. The van der Waals surface area contributed by atoms with Gasteiger partial charge >= 0.3 is 0 Å². The number of aliphatic hydroxyl groups excluding tert-OH is 1. The van der Waals surface area contributed by atoms with Gasteiger partial charge in [0.25, 0.3) is 0 Å². The second-order valence-electron chi connectivity index (χ2n) is 4.64. The zero-order valence-electron chi connectivity index (χ0n) is 11.3. The van der Waals surface area contributed by atoms with Gasteiger partial charge in [0.05, 0.1) is 5.69 Å². The van der Waals surface area contributed by atoms with E-state index in [1.54, 1.807) is 0 Å². The highest BCUT2D eigenvalue weighted by molar-refractivity contribution is 5.76. The fourth-order valence-electron chi connectivity index (χ4n) is 1.91. The average Bonchev–Trinajstić information content (AvgIpc) is 2.64. The molecule has 1 aromatic rings. The van der Waals surface area contributed by atoms with Crippen molar-refractivity contribution >= 4 is 5.91 Å². The largest absolute Gasteiger partial charge is 0.396 e. The molecular formula is C13H22N2O3. The Morgan fingerprint density at radius 1 is 1.50 bits per heavy atom. The minimum Gasteiger partial charge on any atom is -0.396 e. The number of rotatable bonds is 7. The lowest BCUT2D eigenvalue weighted by molar-refractivity contribution is -0.121. The zero-order chi connectivity index (χ0) is 13.5. The highest BCUT2D eigenvalue weighted by Crippen LogP contribution is 2.14. The van der Waals surface area contributed by atoms with Crippen LogP contribution in [-0.4, -0.2) is 28.8 Å². The van der Waals surface area contributed by atoms with Crippen molar-refractivity contribution in [2.75, 3.05) is 6.61 Å². The predicted molar refractivity (Wildman–Crippen MR) is 68.2 cm³/mol. The van der Waals surface area contributed by atoms with E-state index >= 15 is 0 Å². The first-order valence-electron chi connectivity index (χ1n) is 6.36. The van der Waals surface area contributed by atoms with Gasteiger partial charge in [0.15, 0.2) is 0 Å². The van der Waals surface area contributed by atoms with Crippen molar-refractivity contribution in [1.82, 2.24) is 10.5 Å². The Hall–Kier alpha value is -1.36. The summed E-state index contributed by atoms with van der Waals surface area (Å²) in [6, 6.07) is 0.106. The van der Waals surface area contributed by atoms with Crippen LogP contribution in [0.2, 0.25) is 0 Å². The molecule has 0 saturated carbocycles. The molecule has 5 nitrogen and oxygen atoms in total. The average molecular weight is 254 g/mol. The molecule has 102 valence electrons. The Morgan fingerprint density at radius 2 is 2.22 bits per heavy atom. The number of nitrogens with one attached hydrogen (secondary N) is 1. The van der Waals surface area contributed by atoms with E-state index in [-0.39, 0.29) is 18.6 Å². The molecule has 0 fully saturated rings. The number of aryl methyl sites for hydroxylation is 2. The Balaban J connectivity index is 2.33. The third kappa shape index (κ3) is 4.49. The van der Waals surface area contributed by atoms with Crippen molar-refractivity contribution in [1.29, 1.82) is 0 Å². The molecule has 0 saturated heterocycles. The van der Waals surface area contributed by atoms with Crippen molar-refractivity contribution in [3.05, 3.63) is 17.0 Å². The van der Waals surface area contributed by atoms with E-state index in [2.05, 4.69) is 10.5 Å². The Kier molecular flexibility index (Phi) is 5.85. The van der Waals surface area contributed by atoms with Gasteiger partial charge in [0.1, 0.15) is 5.76 Å². The maximum atomic E-state index is 11.7. The fourth-order valence-corrected chi connectivity index (χ4v) is 1.91. The van der Waals surface area contributed by atoms with E-state index in [4.69, 9.17) is 9.63 Å². The van der Waals surface area contributed by atoms with Gasteiger partial charge in [-0.2, -0.15) is 0 Å². The normalized spacial score (nSPS) is 12.4. The van der Waals surface area contributed by atoms with Gasteiger partial charge < -0.3 is 14.9 Å². The first-order valence-corrected chi connectivity index (χ1v) is 6.36. The van der Waals surface area contributed by atoms with Gasteiger partial charge in [0, 0.05) is 24.6 Å². The lowest BCUT2D eigenvalue weighted by Gasteiger charge is -2.12. The molecule has 0 aliphatic carbocycles. The summed E-state index contributed by atoms with van der Waals surface area (Å²) < 4.78 is 5.05. The van der Waals surface area contributed by atoms with Gasteiger partial charge in [-0.3, -0.25) is 4.79 Å². The summed E-state index contributed by atoms with van der Waals surface area (Å²) in [5.74, 6) is 0.814. The first kappa shape index (κ1) is 14.7. The van der Waals surface area contributed by atoms with E-state index in [1.165, 1.54) is 0 Å². The summed E-state index contributed by atoms with van der Waals surface area (Å²) in [5, 5.41) is 15.5. The number of aliphatic hydroxyl groups is 1. The number of carbonyl (C=O) groups is 1. The SMILES string of the molecule is Cc1noc(C)c1CCC(=O)NC(C)CCCO. The van der Waals surface area contributed by atoms with Crippen LogP contribution in [0.25, 0.3) is 0 Å². The molecule has 1 unspecified atom stereocenters. The molecule has 0 aliphatic heterocycles. The number of hydrogen-bond acceptors (Lipinski definition) is 4. The van der Waals surface area contributed by atoms with E-state index < -0.39 is 0 Å². The predicted octanol–water partition coefficient (Wildman–Crippen LogP) is 1.50. The summed E-state index contributed by atoms with van der Waals surface area (Å²) in [5.41, 5.74) is 1.88. The maximum absolute atomic E-state index is 11.7. The van der Waals surface area contributed by atoms with E-state index in [9.17, 15) is 4.79 Å². The molecule has 1 atom stereocenters. The number of aromatic nitrogens is 1. The van der Waals surface area contributed by atoms with E-state index in [0.717, 1.165) is 23.4 Å². The quantitative estimate of drug-likeness (QED) is 0.773. The minimum atomic E-state index is 0.0282. The lowest BCUT2D eigenvalue weighted by Crippen LogP contribution is -2.32. The van der Waals surface area contributed by atoms with Crippen LogP contribution in [0.4, 0.5) is 0 Å². The van der Waals surface area contributed by atoms with Gasteiger partial charge in [-0.05, 0) is 40.0 Å². The van der Waals surface area contributed by atoms with Crippen LogP contribution < -0.4 is 5.32 Å². The van der Waals surface area contributed by atoms with Crippen LogP contribution in [-0.2, 0) is 11.2 Å². The van der Waals surface area contributed by atoms with E-state index in [0.29, 0.717) is 19.3 Å². The smallest absolute Gasteiger partial charge is 0.220 e. The third-order valence-electron chi connectivity index (χ3n) is 2.99. The molecule has 0 aromatic carbocycles. The zero-order valence-corrected chi connectivity index (χ0v) is 11.3. The molecule has 2 N–H and O–H groups in total. The molecular weight excluding hydrogens is 232 g/mol. The monoisotopic (exact) mass is 254 g/mol. The summed E-state index contributed by atoms with van der Waals surface area (Å²) in [6.07, 6.45) is 2.60. The van der Waals surface area contributed by atoms with Crippen LogP contribution in [0.15, 0.2) is 4.52 Å². The summed E-state index contributed by atoms with van der Waals surface area (Å²) in [7, 11) is 0. The number of carbonyl (C=O) groups excluding carboxylic acids is 1. The molecule has 5 heteroatoms. The molecule has 18 heavy (non-hydrogen) atoms. The standard InChI is InChI=1S/C13H22N2O3/c1-9(5-4-8-16)14-13(17)7-6-12-10(2)15-18-11(12)3/h9,16H,4-8H2,1-3H3,(H,14,17). The van der Waals surface area contributed by atoms with Gasteiger partial charge in [-0.25, -0.2) is 0 Å². The molecule has 1 rings (SSSR count). The van der Waals surface area contributed by atoms with Crippen LogP contribution in [0, 0.1) is 13.8 Å². The van der Waals surface area contributed by atoms with Crippen molar-refractivity contribution in [3.8, 4) is 0 Å². The van der Waals surface area contributed by atoms with E-state index in [1.807, 2.05) is 20.8 Å². The number of nitrogens with zero attached hydrogens (tertiary/aromatic N) is 1. The van der Waals surface area contributed by atoms with Crippen LogP contribution in [0.3, 0.4) is 0 Å². The van der Waals surface area contributed by atoms with Crippen molar-refractivity contribution in [3.63, 3.8) is 0 Å². The lowest BCUT2D eigenvalue weighted by atomic mass is 10.1. The number of hydrogen-bond donors (Lipinski definition) is 2. The Bertz CT molecular complexity index is 368. The van der Waals surface area contributed by atoms with Crippen molar-refractivity contribution in [2.24, 2.45) is 0 Å². The summed E-state index contributed by atoms with van der Waals surface area (Å²) in [4.78, 5) is 11.7. The van der Waals surface area contributed by atoms with Gasteiger partial charge in [0.2, 0.25) is 5.91 Å². The topological polar surface area (TPSA) is 75.4 Å². The molecule has 1 aromatic heterocycles. The van der Waals surface area contributed by atoms with Crippen LogP contribution >= 0.6 is 0 Å². The van der Waals surface area contributed by atoms with Crippen LogP contribution in [0.1, 0.15) is 43.2 Å². The second kappa shape index (κ2) is 7.16. The summed E-state index contributed by atoms with van der Waals surface area (Å²) >= 11 is 0. The molecule has 0 aliphatic rings. The second-order valence-corrected chi connectivity index (χ2v) is 4.64. The Morgan fingerprint density at radius 3 is 2.78 bits per heavy atom. The fraction of sp³-hybridized carbons (Fsp3) is 0.692. The molecule has 1 amide bonds. The van der Waals surface area contributed by atoms with Gasteiger partial charge in [-0.15, -0.1) is 0 Å². The highest BCUT2D eigenvalue weighted by Gasteiger charge is 2.12. The molecule has 0 spiro atoms. The molecule has 1 heterocycles.